The molecular formula is C25H28N4OS2. The molecule has 0 aliphatic carbocycles. The molecule has 0 fully saturated rings. The predicted octanol–water partition coefficient (Wildman–Crippen LogP) is 6.87. The number of rotatable bonds is 10. The zero-order chi connectivity index (χ0) is 22.3. The van der Waals surface area contributed by atoms with E-state index in [0.717, 1.165) is 64.7 Å². The monoisotopic (exact) mass is 464 g/mol. The third-order valence-electron chi connectivity index (χ3n) is 5.19. The Kier molecular flexibility index (Phi) is 7.60. The molecular weight excluding hydrogens is 436 g/mol. The second kappa shape index (κ2) is 10.8. The van der Waals surface area contributed by atoms with Gasteiger partial charge in [0.15, 0.2) is 11.0 Å². The Hall–Kier alpha value is -2.64. The molecule has 0 bridgehead atoms. The Bertz CT molecular complexity index is 1150. The van der Waals surface area contributed by atoms with Crippen LogP contribution in [-0.4, -0.2) is 26.4 Å². The van der Waals surface area contributed by atoms with Crippen molar-refractivity contribution < 1.29 is 4.74 Å². The summed E-state index contributed by atoms with van der Waals surface area (Å²) in [5.41, 5.74) is 4.57. The summed E-state index contributed by atoms with van der Waals surface area (Å²) in [6.45, 7) is 7.98. The molecule has 166 valence electrons. The van der Waals surface area contributed by atoms with Gasteiger partial charge in [-0.05, 0) is 50.1 Å². The van der Waals surface area contributed by atoms with Crippen molar-refractivity contribution in [2.45, 2.75) is 51.1 Å². The third-order valence-corrected chi connectivity index (χ3v) is 7.11. The second-order valence-corrected chi connectivity index (χ2v) is 9.33. The van der Waals surface area contributed by atoms with E-state index < -0.39 is 0 Å². The molecule has 0 unspecified atom stereocenters. The maximum Gasteiger partial charge on any atom is 0.191 e. The lowest BCUT2D eigenvalue weighted by Crippen LogP contribution is -2.00. The third kappa shape index (κ3) is 5.22. The highest BCUT2D eigenvalue weighted by Gasteiger charge is 2.15. The van der Waals surface area contributed by atoms with Gasteiger partial charge < -0.3 is 9.30 Å². The van der Waals surface area contributed by atoms with Crippen LogP contribution >= 0.6 is 23.1 Å². The largest absolute Gasteiger partial charge is 0.494 e. The zero-order valence-electron chi connectivity index (χ0n) is 18.7. The summed E-state index contributed by atoms with van der Waals surface area (Å²) in [6, 6.07) is 16.5. The maximum atomic E-state index is 5.77. The van der Waals surface area contributed by atoms with Gasteiger partial charge in [0.25, 0.3) is 0 Å². The first-order valence-corrected chi connectivity index (χ1v) is 12.9. The van der Waals surface area contributed by atoms with E-state index in [1.165, 1.54) is 11.1 Å². The summed E-state index contributed by atoms with van der Waals surface area (Å²) >= 11 is 3.37. The van der Waals surface area contributed by atoms with E-state index in [4.69, 9.17) is 9.72 Å². The van der Waals surface area contributed by atoms with Crippen LogP contribution < -0.4 is 4.74 Å². The lowest BCUT2D eigenvalue weighted by molar-refractivity contribution is 0.309. The van der Waals surface area contributed by atoms with Gasteiger partial charge in [-0.15, -0.1) is 21.5 Å². The smallest absolute Gasteiger partial charge is 0.191 e. The normalized spacial score (nSPS) is 11.1. The zero-order valence-corrected chi connectivity index (χ0v) is 20.4. The second-order valence-electron chi connectivity index (χ2n) is 7.52. The average molecular weight is 465 g/mol. The minimum Gasteiger partial charge on any atom is -0.494 e. The molecule has 2 aromatic carbocycles. The number of unbranched alkanes of at least 4 members (excludes halogenated alkanes) is 1. The van der Waals surface area contributed by atoms with Crippen LogP contribution in [0.5, 0.6) is 5.75 Å². The lowest BCUT2D eigenvalue weighted by Gasteiger charge is -2.08. The van der Waals surface area contributed by atoms with Crippen molar-refractivity contribution in [2.75, 3.05) is 6.61 Å². The molecule has 2 aromatic heterocycles. The molecule has 32 heavy (non-hydrogen) atoms. The summed E-state index contributed by atoms with van der Waals surface area (Å²) in [7, 11) is 0. The molecule has 0 saturated heterocycles. The molecule has 4 aromatic rings. The van der Waals surface area contributed by atoms with Crippen LogP contribution in [-0.2, 0) is 12.3 Å². The first kappa shape index (κ1) is 22.6. The summed E-state index contributed by atoms with van der Waals surface area (Å²) in [6.07, 6.45) is 2.20. The Labute approximate surface area is 197 Å². The van der Waals surface area contributed by atoms with Crippen molar-refractivity contribution in [1.82, 2.24) is 19.7 Å². The van der Waals surface area contributed by atoms with Crippen LogP contribution in [0.1, 0.15) is 37.9 Å². The molecule has 2 heterocycles. The van der Waals surface area contributed by atoms with E-state index in [9.17, 15) is 0 Å². The number of aromatic nitrogens is 4. The molecule has 7 heteroatoms. The predicted molar refractivity (Wildman–Crippen MR) is 133 cm³/mol. The van der Waals surface area contributed by atoms with Crippen LogP contribution in [0.4, 0.5) is 0 Å². The minimum atomic E-state index is 0.754. The molecule has 0 atom stereocenters. The summed E-state index contributed by atoms with van der Waals surface area (Å²) < 4.78 is 7.93. The first-order valence-electron chi connectivity index (χ1n) is 11.0. The fourth-order valence-electron chi connectivity index (χ4n) is 3.38. The summed E-state index contributed by atoms with van der Waals surface area (Å²) in [5.74, 6) is 2.55. The molecule has 0 spiro atoms. The molecule has 4 rings (SSSR count). The highest BCUT2D eigenvalue weighted by Crippen LogP contribution is 2.31. The van der Waals surface area contributed by atoms with Gasteiger partial charge in [0.2, 0.25) is 0 Å². The van der Waals surface area contributed by atoms with Crippen LogP contribution in [0.2, 0.25) is 0 Å². The standard InChI is InChI=1S/C25H28N4OS2/c1-4-6-15-30-21-13-11-19(12-14-21)23-27-28-25(29(23)5-2)32-17-20-16-31-24(26-20)22-10-8-7-9-18(22)3/h7-14,16H,4-6,15,17H2,1-3H3. The van der Waals surface area contributed by atoms with Crippen molar-refractivity contribution in [3.8, 4) is 27.7 Å². The lowest BCUT2D eigenvalue weighted by atomic mass is 10.1. The van der Waals surface area contributed by atoms with Crippen LogP contribution in [0.15, 0.2) is 59.1 Å². The van der Waals surface area contributed by atoms with Crippen molar-refractivity contribution >= 4 is 23.1 Å². The topological polar surface area (TPSA) is 52.8 Å². The minimum absolute atomic E-state index is 0.754. The SMILES string of the molecule is CCCCOc1ccc(-c2nnc(SCc3csc(-c4ccccc4C)n3)n2CC)cc1. The van der Waals surface area contributed by atoms with Crippen molar-refractivity contribution in [3.05, 3.63) is 65.2 Å². The Balaban J connectivity index is 1.44. The van der Waals surface area contributed by atoms with Gasteiger partial charge in [-0.2, -0.15) is 0 Å². The Morgan fingerprint density at radius 2 is 1.84 bits per heavy atom. The van der Waals surface area contributed by atoms with Crippen LogP contribution in [0, 0.1) is 6.92 Å². The van der Waals surface area contributed by atoms with Crippen LogP contribution in [0.25, 0.3) is 22.0 Å². The van der Waals surface area contributed by atoms with Gasteiger partial charge in [0.1, 0.15) is 10.8 Å². The molecule has 0 aliphatic rings. The van der Waals surface area contributed by atoms with E-state index in [1.54, 1.807) is 23.1 Å². The van der Waals surface area contributed by atoms with Gasteiger partial charge >= 0.3 is 0 Å². The van der Waals surface area contributed by atoms with Crippen molar-refractivity contribution in [2.24, 2.45) is 0 Å². The van der Waals surface area contributed by atoms with Crippen molar-refractivity contribution in [3.63, 3.8) is 0 Å². The first-order chi connectivity index (χ1) is 15.7. The van der Waals surface area contributed by atoms with Crippen molar-refractivity contribution in [1.29, 1.82) is 0 Å². The number of hydrogen-bond acceptors (Lipinski definition) is 6. The van der Waals surface area contributed by atoms with Gasteiger partial charge in [-0.1, -0.05) is 49.4 Å². The van der Waals surface area contributed by atoms with E-state index >= 15 is 0 Å². The highest BCUT2D eigenvalue weighted by molar-refractivity contribution is 7.98. The molecule has 5 nitrogen and oxygen atoms in total. The molecule has 0 radical (unpaired) electrons. The van der Waals surface area contributed by atoms with E-state index in [0.29, 0.717) is 0 Å². The molecule has 0 aliphatic heterocycles. The Morgan fingerprint density at radius 3 is 2.59 bits per heavy atom. The summed E-state index contributed by atoms with van der Waals surface area (Å²) in [4.78, 5) is 4.84. The number of nitrogens with zero attached hydrogens (tertiary/aromatic N) is 4. The molecule has 0 saturated carbocycles. The van der Waals surface area contributed by atoms with E-state index in [2.05, 4.69) is 77.3 Å². The Morgan fingerprint density at radius 1 is 1.03 bits per heavy atom. The fourth-order valence-corrected chi connectivity index (χ4v) is 5.29. The van der Waals surface area contributed by atoms with Gasteiger partial charge in [-0.3, -0.25) is 0 Å². The van der Waals surface area contributed by atoms with E-state index in [-0.39, 0.29) is 0 Å². The highest BCUT2D eigenvalue weighted by atomic mass is 32.2. The number of thioether (sulfide) groups is 1. The number of aryl methyl sites for hydroxylation is 1. The fraction of sp³-hybridized carbons (Fsp3) is 0.320. The number of thiazole rings is 1. The number of ether oxygens (including phenoxy) is 1. The van der Waals surface area contributed by atoms with Gasteiger partial charge in [-0.25, -0.2) is 4.98 Å². The van der Waals surface area contributed by atoms with E-state index in [1.807, 2.05) is 12.1 Å². The van der Waals surface area contributed by atoms with Gasteiger partial charge in [0.05, 0.1) is 12.3 Å². The molecule has 0 N–H and O–H groups in total. The summed E-state index contributed by atoms with van der Waals surface area (Å²) in [5, 5.41) is 13.1. The quantitative estimate of drug-likeness (QED) is 0.189. The van der Waals surface area contributed by atoms with Gasteiger partial charge in [0, 0.05) is 28.8 Å². The van der Waals surface area contributed by atoms with Crippen LogP contribution in [0.3, 0.4) is 0 Å². The average Bonchev–Trinajstić information content (AvgIpc) is 3.45. The molecule has 0 amide bonds. The maximum absolute atomic E-state index is 5.77. The number of benzene rings is 2. The number of hydrogen-bond donors (Lipinski definition) is 0.